The number of ether oxygens (including phenoxy) is 1. The summed E-state index contributed by atoms with van der Waals surface area (Å²) in [6, 6.07) is 18.5. The summed E-state index contributed by atoms with van der Waals surface area (Å²) >= 11 is 0. The lowest BCUT2D eigenvalue weighted by atomic mass is 9.99. The molecular weight excluding hydrogens is 372 g/mol. The Labute approximate surface area is 172 Å². The topological polar surface area (TPSA) is 56.8 Å². The first-order valence-corrected chi connectivity index (χ1v) is 9.77. The van der Waals surface area contributed by atoms with Crippen LogP contribution in [-0.2, 0) is 9.53 Å². The van der Waals surface area contributed by atoms with Crippen LogP contribution >= 0.6 is 0 Å². The first-order valence-electron chi connectivity index (χ1n) is 9.77. The zero-order valence-electron chi connectivity index (χ0n) is 16.1. The molecule has 148 valence electrons. The van der Waals surface area contributed by atoms with Crippen molar-refractivity contribution in [2.45, 2.75) is 43.9 Å². The van der Waals surface area contributed by atoms with Crippen molar-refractivity contribution in [3.8, 4) is 0 Å². The predicted octanol–water partition coefficient (Wildman–Crippen LogP) is -0.435. The third-order valence-electron chi connectivity index (χ3n) is 6.05. The van der Waals surface area contributed by atoms with E-state index in [9.17, 15) is 4.79 Å². The molecule has 2 bridgehead atoms. The predicted molar refractivity (Wildman–Crippen MR) is 108 cm³/mol. The molecule has 0 spiro atoms. The molecule has 2 saturated heterocycles. The minimum Gasteiger partial charge on any atom is -1.00 e. The van der Waals surface area contributed by atoms with E-state index in [1.54, 1.807) is 4.90 Å². The first kappa shape index (κ1) is 20.4. The largest absolute Gasteiger partial charge is 1.00 e. The van der Waals surface area contributed by atoms with Crippen LogP contribution in [0.25, 0.3) is 11.6 Å². The summed E-state index contributed by atoms with van der Waals surface area (Å²) in [5, 5.41) is 0. The molecule has 2 unspecified atom stereocenters. The fourth-order valence-corrected chi connectivity index (χ4v) is 4.52. The van der Waals surface area contributed by atoms with Gasteiger partial charge in [0.25, 0.3) is 0 Å². The molecule has 4 nitrogen and oxygen atoms in total. The van der Waals surface area contributed by atoms with E-state index in [-0.39, 0.29) is 24.5 Å². The summed E-state index contributed by atoms with van der Waals surface area (Å²) in [5.74, 6) is -0.256. The molecule has 2 atom stereocenters. The Bertz CT molecular complexity index is 839. The van der Waals surface area contributed by atoms with E-state index >= 15 is 0 Å². The van der Waals surface area contributed by atoms with Gasteiger partial charge in [-0.05, 0) is 29.3 Å². The molecular formula is C23H27ClN2O2. The number of rotatable bonds is 4. The van der Waals surface area contributed by atoms with E-state index < -0.39 is 0 Å². The molecule has 2 aromatic carbocycles. The Morgan fingerprint density at radius 1 is 1.07 bits per heavy atom. The molecule has 3 N–H and O–H groups in total. The fourth-order valence-electron chi connectivity index (χ4n) is 4.52. The number of nitrogens with one attached hydrogen (secondary N) is 1. The van der Waals surface area contributed by atoms with E-state index in [1.807, 2.05) is 60.7 Å². The summed E-state index contributed by atoms with van der Waals surface area (Å²) in [4.78, 5) is 14.7. The molecule has 4 rings (SSSR count). The number of fused-ring (bicyclic) bond motifs is 2. The van der Waals surface area contributed by atoms with Crippen molar-refractivity contribution in [1.82, 2.24) is 0 Å². The van der Waals surface area contributed by atoms with E-state index in [4.69, 9.17) is 10.5 Å². The highest BCUT2D eigenvalue weighted by Gasteiger charge is 2.43. The second kappa shape index (κ2) is 8.80. The Morgan fingerprint density at radius 2 is 1.75 bits per heavy atom. The van der Waals surface area contributed by atoms with Gasteiger partial charge in [0.15, 0.2) is 0 Å². The Kier molecular flexibility index (Phi) is 6.42. The van der Waals surface area contributed by atoms with Crippen molar-refractivity contribution in [2.75, 3.05) is 12.8 Å². The quantitative estimate of drug-likeness (QED) is 0.318. The van der Waals surface area contributed by atoms with Crippen LogP contribution < -0.4 is 23.0 Å². The van der Waals surface area contributed by atoms with Crippen molar-refractivity contribution in [1.29, 1.82) is 0 Å². The number of hydrogen-bond donors (Lipinski definition) is 2. The molecule has 0 saturated carbocycles. The number of quaternary nitrogens is 1. The maximum Gasteiger partial charge on any atom is 0.339 e. The second-order valence-electron chi connectivity index (χ2n) is 7.81. The van der Waals surface area contributed by atoms with Crippen LogP contribution in [0.1, 0.15) is 36.8 Å². The number of esters is 1. The molecule has 2 heterocycles. The van der Waals surface area contributed by atoms with E-state index in [2.05, 4.69) is 7.05 Å². The third-order valence-corrected chi connectivity index (χ3v) is 6.05. The monoisotopic (exact) mass is 398 g/mol. The maximum atomic E-state index is 13.1. The molecule has 2 aliphatic rings. The SMILES string of the molecule is C[NH+]1C2CCC1CC(OC(=O)/C(=C/c1ccccc1)c1cccc(N)c1)C2.[Cl-]. The van der Waals surface area contributed by atoms with Gasteiger partial charge in [0.1, 0.15) is 6.10 Å². The van der Waals surface area contributed by atoms with E-state index in [1.165, 1.54) is 12.8 Å². The van der Waals surface area contributed by atoms with E-state index in [0.29, 0.717) is 23.3 Å². The lowest BCUT2D eigenvalue weighted by Gasteiger charge is -2.33. The molecule has 5 heteroatoms. The normalized spacial score (nSPS) is 26.4. The summed E-state index contributed by atoms with van der Waals surface area (Å²) in [6.45, 7) is 0. The summed E-state index contributed by atoms with van der Waals surface area (Å²) in [7, 11) is 2.27. The summed E-state index contributed by atoms with van der Waals surface area (Å²) in [5.41, 5.74) is 8.92. The molecule has 0 amide bonds. The maximum absolute atomic E-state index is 13.1. The van der Waals surface area contributed by atoms with Gasteiger partial charge < -0.3 is 27.8 Å². The summed E-state index contributed by atoms with van der Waals surface area (Å²) in [6.07, 6.45) is 6.32. The molecule has 28 heavy (non-hydrogen) atoms. The Morgan fingerprint density at radius 3 is 2.39 bits per heavy atom. The van der Waals surface area contributed by atoms with Crippen molar-refractivity contribution >= 4 is 23.3 Å². The standard InChI is InChI=1S/C23H26N2O2.ClH/c1-25-19-10-11-20(25)15-21(14-19)27-23(26)22(12-16-6-3-2-4-7-16)17-8-5-9-18(24)13-17;/h2-9,12-13,19-21H,10-11,14-15,24H2,1H3;1H/b22-12+;. The third kappa shape index (κ3) is 4.40. The highest BCUT2D eigenvalue weighted by atomic mass is 35.5. The van der Waals surface area contributed by atoms with Gasteiger partial charge in [0.05, 0.1) is 24.7 Å². The summed E-state index contributed by atoms with van der Waals surface area (Å²) < 4.78 is 5.99. The molecule has 2 fully saturated rings. The molecule has 0 aromatic heterocycles. The van der Waals surface area contributed by atoms with Crippen LogP contribution in [0, 0.1) is 0 Å². The van der Waals surface area contributed by atoms with Gasteiger partial charge in [0.2, 0.25) is 0 Å². The minimum atomic E-state index is -0.256. The van der Waals surface area contributed by atoms with Gasteiger partial charge in [-0.1, -0.05) is 42.5 Å². The smallest absolute Gasteiger partial charge is 0.339 e. The van der Waals surface area contributed by atoms with Gasteiger partial charge >= 0.3 is 5.97 Å². The molecule has 0 aliphatic carbocycles. The lowest BCUT2D eigenvalue weighted by molar-refractivity contribution is -0.923. The van der Waals surface area contributed by atoms with E-state index in [0.717, 1.165) is 24.0 Å². The Balaban J connectivity index is 0.00000225. The second-order valence-corrected chi connectivity index (χ2v) is 7.81. The van der Waals surface area contributed by atoms with Crippen LogP contribution in [0.15, 0.2) is 54.6 Å². The highest BCUT2D eigenvalue weighted by molar-refractivity contribution is 6.21. The fraction of sp³-hybridized carbons (Fsp3) is 0.348. The van der Waals surface area contributed by atoms with Gasteiger partial charge in [-0.15, -0.1) is 0 Å². The number of halogens is 1. The average Bonchev–Trinajstić information content (AvgIpc) is 2.88. The number of piperidine rings is 1. The number of hydrogen-bond acceptors (Lipinski definition) is 3. The Hall–Kier alpha value is -2.30. The van der Waals surface area contributed by atoms with Crippen molar-refractivity contribution in [3.63, 3.8) is 0 Å². The minimum absolute atomic E-state index is 0. The number of nitrogens with two attached hydrogens (primary N) is 1. The van der Waals surface area contributed by atoms with Crippen LogP contribution in [0.2, 0.25) is 0 Å². The van der Waals surface area contributed by atoms with Crippen molar-refractivity contribution < 1.29 is 26.8 Å². The average molecular weight is 399 g/mol. The van der Waals surface area contributed by atoms with Crippen molar-refractivity contribution in [2.24, 2.45) is 0 Å². The van der Waals surface area contributed by atoms with Crippen molar-refractivity contribution in [3.05, 3.63) is 65.7 Å². The number of carbonyl (C=O) groups excluding carboxylic acids is 1. The van der Waals surface area contributed by atoms with Crippen LogP contribution in [0.3, 0.4) is 0 Å². The zero-order valence-corrected chi connectivity index (χ0v) is 16.9. The van der Waals surface area contributed by atoms with Crippen LogP contribution in [0.5, 0.6) is 0 Å². The van der Waals surface area contributed by atoms with Gasteiger partial charge in [-0.2, -0.15) is 0 Å². The molecule has 2 aromatic rings. The number of anilines is 1. The molecule has 0 radical (unpaired) electrons. The zero-order chi connectivity index (χ0) is 18.8. The number of carbonyl (C=O) groups is 1. The highest BCUT2D eigenvalue weighted by Crippen LogP contribution is 2.28. The molecule has 2 aliphatic heterocycles. The number of nitrogen functional groups attached to an aromatic ring is 1. The van der Waals surface area contributed by atoms with Gasteiger partial charge in [-0.25, -0.2) is 4.79 Å². The number of benzene rings is 2. The first-order chi connectivity index (χ1) is 13.1. The lowest BCUT2D eigenvalue weighted by Crippen LogP contribution is -3.15. The van der Waals surface area contributed by atoms with Crippen LogP contribution in [0.4, 0.5) is 5.69 Å². The van der Waals surface area contributed by atoms with Crippen LogP contribution in [-0.4, -0.2) is 31.2 Å². The van der Waals surface area contributed by atoms with Gasteiger partial charge in [0, 0.05) is 31.4 Å². The van der Waals surface area contributed by atoms with Gasteiger partial charge in [-0.3, -0.25) is 0 Å².